The quantitative estimate of drug-likeness (QED) is 0.682. The zero-order valence-corrected chi connectivity index (χ0v) is 16.5. The van der Waals surface area contributed by atoms with Crippen molar-refractivity contribution < 1.29 is 24.2 Å². The van der Waals surface area contributed by atoms with Crippen LogP contribution in [-0.2, 0) is 14.3 Å². The fourth-order valence-electron chi connectivity index (χ4n) is 4.46. The Balaban J connectivity index is 1.31. The summed E-state index contributed by atoms with van der Waals surface area (Å²) in [4.78, 5) is 34.9. The SMILES string of the molecule is O=C(O)CNC(=O)C1CCC(NC(=O)OCC2c3ccccc3-c3ccccc32)C1. The number of nitrogens with one attached hydrogen (secondary N) is 2. The Morgan fingerprint density at radius 2 is 1.60 bits per heavy atom. The number of amides is 2. The number of ether oxygens (including phenoxy) is 1. The molecule has 0 saturated heterocycles. The molecule has 2 atom stereocenters. The summed E-state index contributed by atoms with van der Waals surface area (Å²) < 4.78 is 5.55. The van der Waals surface area contributed by atoms with Gasteiger partial charge in [-0.3, -0.25) is 9.59 Å². The van der Waals surface area contributed by atoms with E-state index in [9.17, 15) is 14.4 Å². The molecule has 2 aliphatic rings. The molecule has 7 nitrogen and oxygen atoms in total. The molecule has 156 valence electrons. The molecular weight excluding hydrogens is 384 g/mol. The van der Waals surface area contributed by atoms with Gasteiger partial charge in [-0.2, -0.15) is 0 Å². The minimum atomic E-state index is -1.07. The van der Waals surface area contributed by atoms with E-state index < -0.39 is 12.1 Å². The first kappa shape index (κ1) is 19.9. The molecule has 7 heteroatoms. The highest BCUT2D eigenvalue weighted by atomic mass is 16.5. The lowest BCUT2D eigenvalue weighted by atomic mass is 9.98. The van der Waals surface area contributed by atoms with Crippen molar-refractivity contribution in [3.63, 3.8) is 0 Å². The molecule has 2 aliphatic carbocycles. The molecule has 2 aromatic carbocycles. The number of hydrogen-bond acceptors (Lipinski definition) is 4. The minimum Gasteiger partial charge on any atom is -0.480 e. The fourth-order valence-corrected chi connectivity index (χ4v) is 4.46. The van der Waals surface area contributed by atoms with Gasteiger partial charge in [0.05, 0.1) is 0 Å². The lowest BCUT2D eigenvalue weighted by Gasteiger charge is -2.17. The Hall–Kier alpha value is -3.35. The molecule has 0 radical (unpaired) electrons. The molecule has 0 spiro atoms. The van der Waals surface area contributed by atoms with Crippen LogP contribution < -0.4 is 10.6 Å². The smallest absolute Gasteiger partial charge is 0.407 e. The molecule has 30 heavy (non-hydrogen) atoms. The third-order valence-corrected chi connectivity index (χ3v) is 5.88. The van der Waals surface area contributed by atoms with Crippen LogP contribution in [0.15, 0.2) is 48.5 Å². The van der Waals surface area contributed by atoms with Crippen LogP contribution in [0.2, 0.25) is 0 Å². The Morgan fingerprint density at radius 1 is 0.967 bits per heavy atom. The van der Waals surface area contributed by atoms with Crippen LogP contribution in [0.4, 0.5) is 4.79 Å². The van der Waals surface area contributed by atoms with Gasteiger partial charge < -0.3 is 20.5 Å². The van der Waals surface area contributed by atoms with Gasteiger partial charge in [0.2, 0.25) is 5.91 Å². The first-order valence-electron chi connectivity index (χ1n) is 10.1. The number of hydrogen-bond donors (Lipinski definition) is 3. The largest absolute Gasteiger partial charge is 0.480 e. The van der Waals surface area contributed by atoms with Crippen molar-refractivity contribution in [1.29, 1.82) is 0 Å². The maximum absolute atomic E-state index is 12.4. The van der Waals surface area contributed by atoms with Crippen molar-refractivity contribution in [2.45, 2.75) is 31.2 Å². The maximum Gasteiger partial charge on any atom is 0.407 e. The van der Waals surface area contributed by atoms with Gasteiger partial charge in [0, 0.05) is 17.9 Å². The summed E-state index contributed by atoms with van der Waals surface area (Å²) in [6, 6.07) is 16.2. The molecule has 0 bridgehead atoms. The molecule has 2 aromatic rings. The van der Waals surface area contributed by atoms with Crippen LogP contribution in [0.5, 0.6) is 0 Å². The molecule has 4 rings (SSSR count). The Kier molecular flexibility index (Phi) is 5.70. The van der Waals surface area contributed by atoms with Crippen LogP contribution >= 0.6 is 0 Å². The van der Waals surface area contributed by atoms with Crippen molar-refractivity contribution in [2.75, 3.05) is 13.2 Å². The average Bonchev–Trinajstić information content (AvgIpc) is 3.33. The van der Waals surface area contributed by atoms with E-state index in [1.807, 2.05) is 24.3 Å². The third kappa shape index (κ3) is 4.15. The highest BCUT2D eigenvalue weighted by molar-refractivity contribution is 5.83. The van der Waals surface area contributed by atoms with Crippen molar-refractivity contribution in [3.05, 3.63) is 59.7 Å². The summed E-state index contributed by atoms with van der Waals surface area (Å²) in [6.45, 7) is -0.144. The fraction of sp³-hybridized carbons (Fsp3) is 0.348. The van der Waals surface area contributed by atoms with Gasteiger partial charge in [0.15, 0.2) is 0 Å². The molecule has 1 saturated carbocycles. The number of alkyl carbamates (subject to hydrolysis) is 1. The second-order valence-electron chi connectivity index (χ2n) is 7.79. The summed E-state index contributed by atoms with van der Waals surface area (Å²) in [5.74, 6) is -1.64. The Morgan fingerprint density at radius 3 is 2.23 bits per heavy atom. The van der Waals surface area contributed by atoms with Crippen LogP contribution in [0, 0.1) is 5.92 Å². The zero-order valence-electron chi connectivity index (χ0n) is 16.5. The minimum absolute atomic E-state index is 0.00118. The Labute approximate surface area is 174 Å². The number of aliphatic carboxylic acids is 1. The van der Waals surface area contributed by atoms with E-state index in [0.29, 0.717) is 19.3 Å². The van der Waals surface area contributed by atoms with E-state index in [1.54, 1.807) is 0 Å². The molecule has 0 aromatic heterocycles. The number of carboxylic acids is 1. The number of benzene rings is 2. The standard InChI is InChI=1S/C23H24N2O5/c26-21(27)12-24-22(28)14-9-10-15(11-14)25-23(29)30-13-20-18-7-3-1-5-16(18)17-6-2-4-8-19(17)20/h1-8,14-15,20H,9-13H2,(H,24,28)(H,25,29)(H,26,27). The van der Waals surface area contributed by atoms with Gasteiger partial charge in [-0.15, -0.1) is 0 Å². The van der Waals surface area contributed by atoms with Gasteiger partial charge >= 0.3 is 12.1 Å². The van der Waals surface area contributed by atoms with Gasteiger partial charge in [0.25, 0.3) is 0 Å². The van der Waals surface area contributed by atoms with Crippen molar-refractivity contribution in [2.24, 2.45) is 5.92 Å². The highest BCUT2D eigenvalue weighted by Crippen LogP contribution is 2.44. The first-order valence-corrected chi connectivity index (χ1v) is 10.1. The zero-order chi connectivity index (χ0) is 21.1. The van der Waals surface area contributed by atoms with E-state index in [2.05, 4.69) is 34.9 Å². The van der Waals surface area contributed by atoms with Gasteiger partial charge in [-0.1, -0.05) is 48.5 Å². The summed E-state index contributed by atoms with van der Waals surface area (Å²) in [6.07, 6.45) is 1.26. The number of carbonyl (C=O) groups excluding carboxylic acids is 2. The number of fused-ring (bicyclic) bond motifs is 3. The molecule has 3 N–H and O–H groups in total. The summed E-state index contributed by atoms with van der Waals surface area (Å²) in [5.41, 5.74) is 4.66. The molecule has 2 amide bonds. The molecule has 0 heterocycles. The number of carboxylic acid groups (broad SMARTS) is 1. The predicted molar refractivity (Wildman–Crippen MR) is 110 cm³/mol. The van der Waals surface area contributed by atoms with Crippen LogP contribution in [0.25, 0.3) is 11.1 Å². The van der Waals surface area contributed by atoms with E-state index in [1.165, 1.54) is 11.1 Å². The van der Waals surface area contributed by atoms with E-state index in [4.69, 9.17) is 9.84 Å². The van der Waals surface area contributed by atoms with Gasteiger partial charge in [0.1, 0.15) is 13.2 Å². The van der Waals surface area contributed by atoms with Crippen molar-refractivity contribution in [1.82, 2.24) is 10.6 Å². The number of carbonyl (C=O) groups is 3. The first-order chi connectivity index (χ1) is 14.5. The number of rotatable bonds is 6. The second-order valence-corrected chi connectivity index (χ2v) is 7.79. The van der Waals surface area contributed by atoms with E-state index in [0.717, 1.165) is 11.1 Å². The summed E-state index contributed by atoms with van der Waals surface area (Å²) in [5, 5.41) is 13.9. The van der Waals surface area contributed by atoms with Gasteiger partial charge in [-0.25, -0.2) is 4.79 Å². The monoisotopic (exact) mass is 408 g/mol. The predicted octanol–water partition coefficient (Wildman–Crippen LogP) is 2.89. The maximum atomic E-state index is 12.4. The molecule has 2 unspecified atom stereocenters. The van der Waals surface area contributed by atoms with E-state index >= 15 is 0 Å². The van der Waals surface area contributed by atoms with Crippen LogP contribution in [0.3, 0.4) is 0 Å². The lowest BCUT2D eigenvalue weighted by Crippen LogP contribution is -2.36. The van der Waals surface area contributed by atoms with Crippen LogP contribution in [-0.4, -0.2) is 42.3 Å². The molecular formula is C23H24N2O5. The lowest BCUT2D eigenvalue weighted by molar-refractivity contribution is -0.138. The topological polar surface area (TPSA) is 105 Å². The molecule has 1 fully saturated rings. The summed E-state index contributed by atoms with van der Waals surface area (Å²) in [7, 11) is 0. The van der Waals surface area contributed by atoms with Crippen LogP contribution in [0.1, 0.15) is 36.3 Å². The average molecular weight is 408 g/mol. The summed E-state index contributed by atoms with van der Waals surface area (Å²) >= 11 is 0. The van der Waals surface area contributed by atoms with Crippen molar-refractivity contribution >= 4 is 18.0 Å². The highest BCUT2D eigenvalue weighted by Gasteiger charge is 2.32. The Bertz CT molecular complexity index is 928. The van der Waals surface area contributed by atoms with E-state index in [-0.39, 0.29) is 36.9 Å². The third-order valence-electron chi connectivity index (χ3n) is 5.88. The van der Waals surface area contributed by atoms with Crippen molar-refractivity contribution in [3.8, 4) is 11.1 Å². The molecule has 0 aliphatic heterocycles. The van der Waals surface area contributed by atoms with Gasteiger partial charge in [-0.05, 0) is 41.5 Å². The normalized spacial score (nSPS) is 19.6. The second kappa shape index (κ2) is 8.57.